The Hall–Kier alpha value is -2.33. The van der Waals surface area contributed by atoms with Crippen LogP contribution in [0.1, 0.15) is 30.5 Å². The summed E-state index contributed by atoms with van der Waals surface area (Å²) < 4.78 is 5.60. The van der Waals surface area contributed by atoms with Gasteiger partial charge in [0, 0.05) is 13.1 Å². The molecule has 126 valence electrons. The summed E-state index contributed by atoms with van der Waals surface area (Å²) in [5, 5.41) is 9.95. The first-order valence-electron chi connectivity index (χ1n) is 8.24. The van der Waals surface area contributed by atoms with Gasteiger partial charge in [-0.3, -0.25) is 4.79 Å². The molecule has 0 saturated carbocycles. The topological polar surface area (TPSA) is 49.8 Å². The Labute approximate surface area is 142 Å². The van der Waals surface area contributed by atoms with E-state index in [1.54, 1.807) is 26.0 Å². The van der Waals surface area contributed by atoms with Crippen LogP contribution in [0.5, 0.6) is 5.75 Å². The number of benzene rings is 2. The summed E-state index contributed by atoms with van der Waals surface area (Å²) >= 11 is 0. The van der Waals surface area contributed by atoms with E-state index in [9.17, 15) is 9.90 Å². The Morgan fingerprint density at radius 3 is 2.46 bits per heavy atom. The molecule has 1 aliphatic rings. The zero-order valence-electron chi connectivity index (χ0n) is 14.2. The van der Waals surface area contributed by atoms with E-state index in [-0.39, 0.29) is 12.5 Å². The van der Waals surface area contributed by atoms with Gasteiger partial charge in [-0.25, -0.2) is 0 Å². The highest BCUT2D eigenvalue weighted by atomic mass is 16.5. The number of carbonyl (C=O) groups is 1. The van der Waals surface area contributed by atoms with Gasteiger partial charge in [0.25, 0.3) is 5.91 Å². The third-order valence-corrected chi connectivity index (χ3v) is 4.41. The van der Waals surface area contributed by atoms with Crippen molar-refractivity contribution in [3.05, 3.63) is 65.2 Å². The van der Waals surface area contributed by atoms with Crippen molar-refractivity contribution in [2.45, 2.75) is 32.4 Å². The molecule has 0 bridgehead atoms. The maximum absolute atomic E-state index is 12.4. The molecule has 0 atom stereocenters. The summed E-state index contributed by atoms with van der Waals surface area (Å²) in [6.07, 6.45) is 0.891. The summed E-state index contributed by atoms with van der Waals surface area (Å²) in [7, 11) is 0. The molecule has 3 rings (SSSR count). The number of hydrogen-bond acceptors (Lipinski definition) is 3. The van der Waals surface area contributed by atoms with Gasteiger partial charge in [-0.2, -0.15) is 0 Å². The van der Waals surface area contributed by atoms with Crippen molar-refractivity contribution in [1.82, 2.24) is 4.90 Å². The molecule has 1 N–H and O–H groups in total. The number of fused-ring (bicyclic) bond motifs is 1. The smallest absolute Gasteiger partial charge is 0.260 e. The Morgan fingerprint density at radius 2 is 1.79 bits per heavy atom. The molecule has 24 heavy (non-hydrogen) atoms. The lowest BCUT2D eigenvalue weighted by Crippen LogP contribution is -2.38. The van der Waals surface area contributed by atoms with E-state index in [0.29, 0.717) is 12.3 Å². The fraction of sp³-hybridized carbons (Fsp3) is 0.350. The number of nitrogens with zero attached hydrogens (tertiary/aromatic N) is 1. The lowest BCUT2D eigenvalue weighted by atomic mass is 9.99. The summed E-state index contributed by atoms with van der Waals surface area (Å²) in [4.78, 5) is 14.2. The van der Waals surface area contributed by atoms with E-state index in [1.807, 2.05) is 29.2 Å². The van der Waals surface area contributed by atoms with E-state index in [4.69, 9.17) is 4.74 Å². The highest BCUT2D eigenvalue weighted by Crippen LogP contribution is 2.23. The second-order valence-electron chi connectivity index (χ2n) is 6.71. The number of rotatable bonds is 4. The van der Waals surface area contributed by atoms with Crippen LogP contribution in [0.4, 0.5) is 0 Å². The minimum atomic E-state index is -0.879. The van der Waals surface area contributed by atoms with Gasteiger partial charge in [0.1, 0.15) is 5.75 Å². The molecule has 1 aliphatic heterocycles. The minimum Gasteiger partial charge on any atom is -0.484 e. The highest BCUT2D eigenvalue weighted by molar-refractivity contribution is 5.78. The first kappa shape index (κ1) is 16.5. The molecule has 0 spiro atoms. The van der Waals surface area contributed by atoms with Crippen LogP contribution in [-0.4, -0.2) is 29.1 Å². The number of amides is 1. The van der Waals surface area contributed by atoms with Crippen molar-refractivity contribution in [3.63, 3.8) is 0 Å². The predicted molar refractivity (Wildman–Crippen MR) is 92.7 cm³/mol. The number of hydrogen-bond donors (Lipinski definition) is 1. The lowest BCUT2D eigenvalue weighted by Gasteiger charge is -2.28. The van der Waals surface area contributed by atoms with Crippen LogP contribution in [0.2, 0.25) is 0 Å². The largest absolute Gasteiger partial charge is 0.484 e. The van der Waals surface area contributed by atoms with Gasteiger partial charge in [0.15, 0.2) is 6.61 Å². The maximum atomic E-state index is 12.4. The third kappa shape index (κ3) is 3.77. The standard InChI is InChI=1S/C20H23NO3/c1-20(2,23)17-7-9-18(10-8-17)24-14-19(22)21-12-11-15-5-3-4-6-16(15)13-21/h3-10,23H,11-14H2,1-2H3. The van der Waals surface area contributed by atoms with Gasteiger partial charge < -0.3 is 14.7 Å². The molecule has 0 unspecified atom stereocenters. The highest BCUT2D eigenvalue weighted by Gasteiger charge is 2.21. The maximum Gasteiger partial charge on any atom is 0.260 e. The molecule has 4 heteroatoms. The van der Waals surface area contributed by atoms with Gasteiger partial charge in [-0.15, -0.1) is 0 Å². The summed E-state index contributed by atoms with van der Waals surface area (Å²) in [5.74, 6) is 0.629. The number of ether oxygens (including phenoxy) is 1. The lowest BCUT2D eigenvalue weighted by molar-refractivity contribution is -0.134. The van der Waals surface area contributed by atoms with Crippen molar-refractivity contribution in [2.24, 2.45) is 0 Å². The fourth-order valence-electron chi connectivity index (χ4n) is 2.90. The molecule has 1 amide bonds. The van der Waals surface area contributed by atoms with Crippen LogP contribution in [0, 0.1) is 0 Å². The normalized spacial score (nSPS) is 14.2. The second-order valence-corrected chi connectivity index (χ2v) is 6.71. The summed E-state index contributed by atoms with van der Waals surface area (Å²) in [5.41, 5.74) is 2.47. The quantitative estimate of drug-likeness (QED) is 0.940. The first-order chi connectivity index (χ1) is 11.4. The average molecular weight is 325 g/mol. The monoisotopic (exact) mass is 325 g/mol. The predicted octanol–water partition coefficient (Wildman–Crippen LogP) is 2.88. The average Bonchev–Trinajstić information content (AvgIpc) is 2.59. The van der Waals surface area contributed by atoms with Crippen LogP contribution >= 0.6 is 0 Å². The number of aliphatic hydroxyl groups is 1. The number of carbonyl (C=O) groups excluding carboxylic acids is 1. The van der Waals surface area contributed by atoms with Crippen molar-refractivity contribution in [3.8, 4) is 5.75 Å². The molecule has 0 aromatic heterocycles. The molecule has 2 aromatic carbocycles. The van der Waals surface area contributed by atoms with Crippen LogP contribution < -0.4 is 4.74 Å². The van der Waals surface area contributed by atoms with Crippen LogP contribution in [-0.2, 0) is 23.4 Å². The first-order valence-corrected chi connectivity index (χ1v) is 8.24. The zero-order chi connectivity index (χ0) is 17.2. The Morgan fingerprint density at radius 1 is 1.12 bits per heavy atom. The van der Waals surface area contributed by atoms with E-state index in [0.717, 1.165) is 18.5 Å². The molecular formula is C20H23NO3. The molecule has 0 saturated heterocycles. The molecule has 0 fully saturated rings. The molecule has 0 aliphatic carbocycles. The van der Waals surface area contributed by atoms with Gasteiger partial charge >= 0.3 is 0 Å². The van der Waals surface area contributed by atoms with Gasteiger partial charge in [-0.05, 0) is 49.1 Å². The van der Waals surface area contributed by atoms with Crippen LogP contribution in [0.25, 0.3) is 0 Å². The van der Waals surface area contributed by atoms with E-state index < -0.39 is 5.60 Å². The van der Waals surface area contributed by atoms with E-state index in [2.05, 4.69) is 12.1 Å². The fourth-order valence-corrected chi connectivity index (χ4v) is 2.90. The van der Waals surface area contributed by atoms with E-state index >= 15 is 0 Å². The van der Waals surface area contributed by atoms with Gasteiger partial charge in [0.2, 0.25) is 0 Å². The summed E-state index contributed by atoms with van der Waals surface area (Å²) in [6.45, 7) is 4.89. The summed E-state index contributed by atoms with van der Waals surface area (Å²) in [6, 6.07) is 15.4. The Kier molecular flexibility index (Phi) is 4.58. The molecule has 4 nitrogen and oxygen atoms in total. The second kappa shape index (κ2) is 6.65. The zero-order valence-corrected chi connectivity index (χ0v) is 14.2. The van der Waals surface area contributed by atoms with Crippen LogP contribution in [0.3, 0.4) is 0 Å². The molecule has 0 radical (unpaired) electrons. The van der Waals surface area contributed by atoms with Crippen molar-refractivity contribution in [1.29, 1.82) is 0 Å². The van der Waals surface area contributed by atoms with Crippen LogP contribution in [0.15, 0.2) is 48.5 Å². The SMILES string of the molecule is CC(C)(O)c1ccc(OCC(=O)N2CCc3ccccc3C2)cc1. The third-order valence-electron chi connectivity index (χ3n) is 4.41. The Balaban J connectivity index is 1.56. The molecule has 2 aromatic rings. The van der Waals surface area contributed by atoms with E-state index in [1.165, 1.54) is 11.1 Å². The Bertz CT molecular complexity index is 716. The van der Waals surface area contributed by atoms with Crippen molar-refractivity contribution >= 4 is 5.91 Å². The van der Waals surface area contributed by atoms with Crippen molar-refractivity contribution in [2.75, 3.05) is 13.2 Å². The minimum absolute atomic E-state index is 0.00364. The van der Waals surface area contributed by atoms with Gasteiger partial charge in [-0.1, -0.05) is 36.4 Å². The van der Waals surface area contributed by atoms with Crippen molar-refractivity contribution < 1.29 is 14.6 Å². The van der Waals surface area contributed by atoms with Gasteiger partial charge in [0.05, 0.1) is 5.60 Å². The molecule has 1 heterocycles. The molecular weight excluding hydrogens is 302 g/mol.